The molecule has 5 nitrogen and oxygen atoms in total. The molecule has 1 atom stereocenters. The first-order valence-electron chi connectivity index (χ1n) is 5.01. The Morgan fingerprint density at radius 2 is 2.43 bits per heavy atom. The van der Waals surface area contributed by atoms with Gasteiger partial charge >= 0.3 is 0 Å². The fourth-order valence-corrected chi connectivity index (χ4v) is 1.84. The Morgan fingerprint density at radius 3 is 3.07 bits per heavy atom. The predicted octanol–water partition coefficient (Wildman–Crippen LogP) is 0.301. The first-order valence-corrected chi connectivity index (χ1v) is 5.01. The lowest BCUT2D eigenvalue weighted by molar-refractivity contribution is 0.195. The van der Waals surface area contributed by atoms with E-state index >= 15 is 0 Å². The average Bonchev–Trinajstić information content (AvgIpc) is 2.52. The highest BCUT2D eigenvalue weighted by Gasteiger charge is 2.18. The van der Waals surface area contributed by atoms with Crippen LogP contribution in [0.25, 0.3) is 0 Å². The van der Waals surface area contributed by atoms with Crippen molar-refractivity contribution in [1.29, 1.82) is 0 Å². The second-order valence-corrected chi connectivity index (χ2v) is 3.93. The minimum Gasteiger partial charge on any atom is -0.327 e. The molecule has 0 spiro atoms. The number of hydrogen-bond donors (Lipinski definition) is 1. The molecule has 14 heavy (non-hydrogen) atoms. The van der Waals surface area contributed by atoms with E-state index < -0.39 is 0 Å². The lowest BCUT2D eigenvalue weighted by atomic mass is 10.1. The normalized spacial score (nSPS) is 24.0. The predicted molar refractivity (Wildman–Crippen MR) is 51.5 cm³/mol. The van der Waals surface area contributed by atoms with Crippen LogP contribution in [-0.4, -0.2) is 34.3 Å². The highest BCUT2D eigenvalue weighted by atomic mass is 16.6. The molecule has 2 rings (SSSR count). The summed E-state index contributed by atoms with van der Waals surface area (Å²) < 4.78 is 4.66. The molecule has 0 bridgehead atoms. The largest absolute Gasteiger partial charge is 0.327 e. The monoisotopic (exact) mass is 196 g/mol. The first kappa shape index (κ1) is 9.61. The zero-order valence-electron chi connectivity index (χ0n) is 8.44. The van der Waals surface area contributed by atoms with E-state index in [1.165, 1.54) is 6.42 Å². The van der Waals surface area contributed by atoms with E-state index in [-0.39, 0.29) is 0 Å². The molecule has 1 aromatic rings. The summed E-state index contributed by atoms with van der Waals surface area (Å²) in [5.74, 6) is 0. The maximum absolute atomic E-state index is 5.89. The molecule has 78 valence electrons. The van der Waals surface area contributed by atoms with Crippen LogP contribution in [0.3, 0.4) is 0 Å². The highest BCUT2D eigenvalue weighted by Crippen LogP contribution is 2.12. The van der Waals surface area contributed by atoms with Crippen molar-refractivity contribution in [2.75, 3.05) is 13.1 Å². The van der Waals surface area contributed by atoms with Crippen LogP contribution < -0.4 is 5.73 Å². The molecule has 0 aliphatic carbocycles. The molecular formula is C9H16N4O. The van der Waals surface area contributed by atoms with Gasteiger partial charge in [-0.1, -0.05) is 10.3 Å². The summed E-state index contributed by atoms with van der Waals surface area (Å²) in [6.45, 7) is 4.77. The molecule has 1 aromatic heterocycles. The molecule has 1 aliphatic heterocycles. The Bertz CT molecular complexity index is 299. The number of nitrogens with two attached hydrogens (primary N) is 1. The molecule has 0 amide bonds. The van der Waals surface area contributed by atoms with Crippen molar-refractivity contribution in [3.63, 3.8) is 0 Å². The van der Waals surface area contributed by atoms with Gasteiger partial charge in [-0.3, -0.25) is 4.90 Å². The summed E-state index contributed by atoms with van der Waals surface area (Å²) in [7, 11) is 0. The maximum atomic E-state index is 5.89. The van der Waals surface area contributed by atoms with E-state index in [2.05, 4.69) is 19.8 Å². The van der Waals surface area contributed by atoms with Crippen LogP contribution in [0.15, 0.2) is 4.63 Å². The molecule has 1 saturated heterocycles. The van der Waals surface area contributed by atoms with E-state index in [1.807, 2.05) is 6.92 Å². The summed E-state index contributed by atoms with van der Waals surface area (Å²) in [5, 5.41) is 7.62. The second kappa shape index (κ2) is 4.06. The van der Waals surface area contributed by atoms with Crippen LogP contribution >= 0.6 is 0 Å². The van der Waals surface area contributed by atoms with Gasteiger partial charge in [0.25, 0.3) is 0 Å². The van der Waals surface area contributed by atoms with Crippen molar-refractivity contribution in [2.24, 2.45) is 5.73 Å². The fraction of sp³-hybridized carbons (Fsp3) is 0.778. The standard InChI is InChI=1S/C9H16N4O/c1-7-9(12-14-11-7)6-13-4-2-3-8(10)5-13/h8H,2-6,10H2,1H3. The summed E-state index contributed by atoms with van der Waals surface area (Å²) >= 11 is 0. The third kappa shape index (κ3) is 2.10. The van der Waals surface area contributed by atoms with Gasteiger partial charge in [-0.2, -0.15) is 0 Å². The number of likely N-dealkylation sites (tertiary alicyclic amines) is 1. The van der Waals surface area contributed by atoms with Gasteiger partial charge in [0.05, 0.1) is 0 Å². The summed E-state index contributed by atoms with van der Waals surface area (Å²) in [6.07, 6.45) is 2.30. The van der Waals surface area contributed by atoms with Crippen LogP contribution in [-0.2, 0) is 6.54 Å². The number of rotatable bonds is 2. The van der Waals surface area contributed by atoms with Gasteiger partial charge in [0.15, 0.2) is 0 Å². The Hall–Kier alpha value is -0.940. The molecule has 0 saturated carbocycles. The molecule has 5 heteroatoms. The zero-order chi connectivity index (χ0) is 9.97. The SMILES string of the molecule is Cc1nonc1CN1CCCC(N)C1. The van der Waals surface area contributed by atoms with E-state index in [0.29, 0.717) is 6.04 Å². The molecule has 0 radical (unpaired) electrons. The minimum absolute atomic E-state index is 0.309. The molecule has 1 unspecified atom stereocenters. The van der Waals surface area contributed by atoms with Crippen LogP contribution in [0.5, 0.6) is 0 Å². The lowest BCUT2D eigenvalue weighted by Gasteiger charge is -2.29. The van der Waals surface area contributed by atoms with Crippen molar-refractivity contribution >= 4 is 0 Å². The van der Waals surface area contributed by atoms with Gasteiger partial charge in [-0.15, -0.1) is 0 Å². The second-order valence-electron chi connectivity index (χ2n) is 3.93. The number of aromatic nitrogens is 2. The average molecular weight is 196 g/mol. The summed E-state index contributed by atoms with van der Waals surface area (Å²) in [5.41, 5.74) is 7.70. The van der Waals surface area contributed by atoms with Crippen molar-refractivity contribution in [3.05, 3.63) is 11.4 Å². The molecule has 1 aliphatic rings. The smallest absolute Gasteiger partial charge is 0.122 e. The first-order chi connectivity index (χ1) is 6.75. The van der Waals surface area contributed by atoms with Gasteiger partial charge in [0.1, 0.15) is 11.4 Å². The van der Waals surface area contributed by atoms with Gasteiger partial charge < -0.3 is 5.73 Å². The quantitative estimate of drug-likeness (QED) is 0.736. The number of piperidine rings is 1. The lowest BCUT2D eigenvalue weighted by Crippen LogP contribution is -2.42. The Balaban J connectivity index is 1.94. The van der Waals surface area contributed by atoms with Crippen molar-refractivity contribution in [2.45, 2.75) is 32.4 Å². The Labute approximate surface area is 83.2 Å². The molecule has 0 aromatic carbocycles. The van der Waals surface area contributed by atoms with Crippen molar-refractivity contribution < 1.29 is 4.63 Å². The van der Waals surface area contributed by atoms with Crippen molar-refractivity contribution in [3.8, 4) is 0 Å². The van der Waals surface area contributed by atoms with Gasteiger partial charge in [0.2, 0.25) is 0 Å². The highest BCUT2D eigenvalue weighted by molar-refractivity contribution is 5.04. The molecule has 1 fully saturated rings. The fourth-order valence-electron chi connectivity index (χ4n) is 1.84. The topological polar surface area (TPSA) is 68.2 Å². The summed E-state index contributed by atoms with van der Waals surface area (Å²) in [4.78, 5) is 2.31. The van der Waals surface area contributed by atoms with Gasteiger partial charge in [-0.05, 0) is 26.3 Å². The van der Waals surface area contributed by atoms with Crippen LogP contribution in [0.2, 0.25) is 0 Å². The number of aryl methyl sites for hydroxylation is 1. The van der Waals surface area contributed by atoms with Gasteiger partial charge in [0, 0.05) is 19.1 Å². The van der Waals surface area contributed by atoms with E-state index in [9.17, 15) is 0 Å². The molecule has 2 N–H and O–H groups in total. The Morgan fingerprint density at radius 1 is 1.57 bits per heavy atom. The van der Waals surface area contributed by atoms with Crippen LogP contribution in [0.1, 0.15) is 24.2 Å². The van der Waals surface area contributed by atoms with Crippen LogP contribution in [0, 0.1) is 6.92 Å². The zero-order valence-corrected chi connectivity index (χ0v) is 8.44. The third-order valence-electron chi connectivity index (χ3n) is 2.66. The van der Waals surface area contributed by atoms with Crippen LogP contribution in [0.4, 0.5) is 0 Å². The third-order valence-corrected chi connectivity index (χ3v) is 2.66. The van der Waals surface area contributed by atoms with Gasteiger partial charge in [-0.25, -0.2) is 4.63 Å². The van der Waals surface area contributed by atoms with E-state index in [1.54, 1.807) is 0 Å². The minimum atomic E-state index is 0.309. The van der Waals surface area contributed by atoms with E-state index in [4.69, 9.17) is 5.73 Å². The maximum Gasteiger partial charge on any atom is 0.122 e. The van der Waals surface area contributed by atoms with Crippen molar-refractivity contribution in [1.82, 2.24) is 15.2 Å². The number of nitrogens with zero attached hydrogens (tertiary/aromatic N) is 3. The van der Waals surface area contributed by atoms with E-state index in [0.717, 1.165) is 37.4 Å². The summed E-state index contributed by atoms with van der Waals surface area (Å²) in [6, 6.07) is 0.309. The number of hydrogen-bond acceptors (Lipinski definition) is 5. The molecule has 2 heterocycles. The molecular weight excluding hydrogens is 180 g/mol. The Kier molecular flexibility index (Phi) is 2.79.